The summed E-state index contributed by atoms with van der Waals surface area (Å²) in [6, 6.07) is 6.12. The lowest BCUT2D eigenvalue weighted by Crippen LogP contribution is -2.39. The SMILES string of the molecule is Cc1ccc(-n2c(SCC(=O)N3CCC(C)CC3)nc3n[nH]c(C)c3c2=N)cc1C. The van der Waals surface area contributed by atoms with Gasteiger partial charge in [-0.15, -0.1) is 0 Å². The minimum atomic E-state index is 0.130. The van der Waals surface area contributed by atoms with E-state index in [0.29, 0.717) is 33.3 Å². The second-order valence-corrected chi connectivity index (χ2v) is 9.19. The molecular formula is C22H28N6OS. The maximum Gasteiger partial charge on any atom is 0.233 e. The summed E-state index contributed by atoms with van der Waals surface area (Å²) >= 11 is 1.38. The molecule has 4 rings (SSSR count). The highest BCUT2D eigenvalue weighted by atomic mass is 32.2. The Hall–Kier alpha value is -2.61. The summed E-state index contributed by atoms with van der Waals surface area (Å²) in [5.74, 6) is 1.12. The predicted molar refractivity (Wildman–Crippen MR) is 119 cm³/mol. The molecule has 1 aliphatic rings. The van der Waals surface area contributed by atoms with E-state index in [-0.39, 0.29) is 5.91 Å². The lowest BCUT2D eigenvalue weighted by molar-refractivity contribution is -0.129. The van der Waals surface area contributed by atoms with Gasteiger partial charge >= 0.3 is 0 Å². The number of rotatable bonds is 4. The topological polar surface area (TPSA) is 90.7 Å². The first-order valence-electron chi connectivity index (χ1n) is 10.4. The van der Waals surface area contributed by atoms with Crippen molar-refractivity contribution >= 4 is 28.7 Å². The van der Waals surface area contributed by atoms with Crippen molar-refractivity contribution in [1.29, 1.82) is 5.41 Å². The number of benzene rings is 1. The van der Waals surface area contributed by atoms with E-state index in [2.05, 4.69) is 43.1 Å². The molecule has 2 aromatic heterocycles. The third-order valence-corrected chi connectivity index (χ3v) is 6.91. The average Bonchev–Trinajstić information content (AvgIpc) is 3.10. The third kappa shape index (κ3) is 3.88. The molecule has 30 heavy (non-hydrogen) atoms. The van der Waals surface area contributed by atoms with Gasteiger partial charge in [-0.3, -0.25) is 19.9 Å². The van der Waals surface area contributed by atoms with Crippen LogP contribution in [0.15, 0.2) is 23.4 Å². The first-order chi connectivity index (χ1) is 14.3. The Kier molecular flexibility index (Phi) is 5.69. The summed E-state index contributed by atoms with van der Waals surface area (Å²) in [6.45, 7) is 9.92. The number of likely N-dealkylation sites (tertiary alicyclic amines) is 1. The van der Waals surface area contributed by atoms with Crippen LogP contribution in [-0.4, -0.2) is 49.4 Å². The van der Waals surface area contributed by atoms with Crippen LogP contribution < -0.4 is 5.49 Å². The Morgan fingerprint density at radius 3 is 2.67 bits per heavy atom. The van der Waals surface area contributed by atoms with Gasteiger partial charge < -0.3 is 4.90 Å². The average molecular weight is 425 g/mol. The lowest BCUT2D eigenvalue weighted by atomic mass is 9.99. The number of carbonyl (C=O) groups is 1. The molecule has 3 aromatic rings. The number of piperidine rings is 1. The van der Waals surface area contributed by atoms with Gasteiger partial charge in [0.1, 0.15) is 5.49 Å². The summed E-state index contributed by atoms with van der Waals surface area (Å²) in [5, 5.41) is 17.4. The number of aromatic amines is 1. The quantitative estimate of drug-likeness (QED) is 0.495. The van der Waals surface area contributed by atoms with Gasteiger partial charge in [0.05, 0.1) is 11.1 Å². The first-order valence-corrected chi connectivity index (χ1v) is 11.3. The van der Waals surface area contributed by atoms with Crippen LogP contribution in [0.1, 0.15) is 36.6 Å². The van der Waals surface area contributed by atoms with Crippen LogP contribution in [-0.2, 0) is 4.79 Å². The number of amides is 1. The molecule has 8 heteroatoms. The molecule has 0 spiro atoms. The van der Waals surface area contributed by atoms with Crippen molar-refractivity contribution < 1.29 is 4.79 Å². The molecule has 7 nitrogen and oxygen atoms in total. The van der Waals surface area contributed by atoms with Gasteiger partial charge in [0.2, 0.25) is 5.91 Å². The maximum atomic E-state index is 12.8. The number of hydrogen-bond donors (Lipinski definition) is 2. The van der Waals surface area contributed by atoms with E-state index in [1.807, 2.05) is 22.5 Å². The zero-order valence-electron chi connectivity index (χ0n) is 18.0. The molecule has 1 amide bonds. The zero-order chi connectivity index (χ0) is 21.4. The molecule has 1 saturated heterocycles. The van der Waals surface area contributed by atoms with E-state index in [1.54, 1.807) is 0 Å². The fraction of sp³-hybridized carbons (Fsp3) is 0.455. The number of carbonyl (C=O) groups excluding carboxylic acids is 1. The van der Waals surface area contributed by atoms with Crippen LogP contribution in [0.4, 0.5) is 0 Å². The van der Waals surface area contributed by atoms with Crippen LogP contribution >= 0.6 is 11.8 Å². The maximum absolute atomic E-state index is 12.8. The highest BCUT2D eigenvalue weighted by Crippen LogP contribution is 2.24. The van der Waals surface area contributed by atoms with Gasteiger partial charge in [-0.1, -0.05) is 24.8 Å². The Labute approximate surface area is 180 Å². The lowest BCUT2D eigenvalue weighted by Gasteiger charge is -2.30. The smallest absolute Gasteiger partial charge is 0.233 e. The van der Waals surface area contributed by atoms with Gasteiger partial charge in [0.15, 0.2) is 10.8 Å². The van der Waals surface area contributed by atoms with E-state index in [4.69, 9.17) is 10.4 Å². The van der Waals surface area contributed by atoms with E-state index < -0.39 is 0 Å². The van der Waals surface area contributed by atoms with E-state index in [9.17, 15) is 4.79 Å². The van der Waals surface area contributed by atoms with Gasteiger partial charge in [0.25, 0.3) is 0 Å². The molecule has 3 heterocycles. The predicted octanol–water partition coefficient (Wildman–Crippen LogP) is 3.50. The van der Waals surface area contributed by atoms with Crippen molar-refractivity contribution in [3.05, 3.63) is 40.5 Å². The number of H-pyrrole nitrogens is 1. The summed E-state index contributed by atoms with van der Waals surface area (Å²) < 4.78 is 1.83. The Bertz CT molecular complexity index is 1160. The van der Waals surface area contributed by atoms with Crippen LogP contribution in [0.5, 0.6) is 0 Å². The molecule has 0 saturated carbocycles. The summed E-state index contributed by atoms with van der Waals surface area (Å²) in [7, 11) is 0. The number of fused-ring (bicyclic) bond motifs is 1. The van der Waals surface area contributed by atoms with Crippen LogP contribution in [0, 0.1) is 32.1 Å². The monoisotopic (exact) mass is 424 g/mol. The fourth-order valence-electron chi connectivity index (χ4n) is 3.81. The zero-order valence-corrected chi connectivity index (χ0v) is 18.8. The van der Waals surface area contributed by atoms with Crippen LogP contribution in [0.25, 0.3) is 16.7 Å². The Morgan fingerprint density at radius 2 is 1.97 bits per heavy atom. The highest BCUT2D eigenvalue weighted by molar-refractivity contribution is 7.99. The van der Waals surface area contributed by atoms with Gasteiger partial charge in [-0.25, -0.2) is 4.98 Å². The molecule has 0 atom stereocenters. The second-order valence-electron chi connectivity index (χ2n) is 8.25. The Balaban J connectivity index is 1.70. The highest BCUT2D eigenvalue weighted by Gasteiger charge is 2.22. The summed E-state index contributed by atoms with van der Waals surface area (Å²) in [4.78, 5) is 19.4. The summed E-state index contributed by atoms with van der Waals surface area (Å²) in [6.07, 6.45) is 2.12. The molecule has 0 unspecified atom stereocenters. The molecule has 0 bridgehead atoms. The van der Waals surface area contributed by atoms with Crippen molar-refractivity contribution in [1.82, 2.24) is 24.6 Å². The van der Waals surface area contributed by atoms with Gasteiger partial charge in [-0.2, -0.15) is 5.10 Å². The van der Waals surface area contributed by atoms with E-state index in [0.717, 1.165) is 42.9 Å². The first kappa shape index (κ1) is 20.7. The Morgan fingerprint density at radius 1 is 1.23 bits per heavy atom. The minimum absolute atomic E-state index is 0.130. The van der Waals surface area contributed by atoms with Crippen molar-refractivity contribution in [3.8, 4) is 5.69 Å². The number of hydrogen-bond acceptors (Lipinski definition) is 5. The standard InChI is InChI=1S/C22H28N6OS/c1-13-7-9-27(10-8-13)18(29)12-30-22-24-21-19(16(4)25-26-21)20(23)28(22)17-6-5-14(2)15(3)11-17/h5-6,11,13,23H,7-10,12H2,1-4H3,(H,25,26). The van der Waals surface area contributed by atoms with Crippen molar-refractivity contribution in [3.63, 3.8) is 0 Å². The molecule has 0 aliphatic carbocycles. The minimum Gasteiger partial charge on any atom is -0.342 e. The third-order valence-electron chi connectivity index (χ3n) is 5.99. The van der Waals surface area contributed by atoms with E-state index >= 15 is 0 Å². The summed E-state index contributed by atoms with van der Waals surface area (Å²) in [5.41, 5.74) is 4.88. The fourth-order valence-corrected chi connectivity index (χ4v) is 4.72. The van der Waals surface area contributed by atoms with Crippen LogP contribution in [0.2, 0.25) is 0 Å². The van der Waals surface area contributed by atoms with E-state index in [1.165, 1.54) is 17.3 Å². The number of nitrogens with one attached hydrogen (secondary N) is 2. The molecule has 0 radical (unpaired) electrons. The molecule has 1 aliphatic heterocycles. The molecule has 1 fully saturated rings. The molecule has 158 valence electrons. The molecule has 2 N–H and O–H groups in total. The number of nitrogens with zero attached hydrogens (tertiary/aromatic N) is 4. The second kappa shape index (κ2) is 8.26. The van der Waals surface area contributed by atoms with Crippen molar-refractivity contribution in [2.24, 2.45) is 5.92 Å². The van der Waals surface area contributed by atoms with Gasteiger partial charge in [0, 0.05) is 24.5 Å². The van der Waals surface area contributed by atoms with Gasteiger partial charge in [-0.05, 0) is 62.8 Å². The molecule has 1 aromatic carbocycles. The number of aromatic nitrogens is 4. The van der Waals surface area contributed by atoms with Crippen molar-refractivity contribution in [2.75, 3.05) is 18.8 Å². The largest absolute Gasteiger partial charge is 0.342 e. The van der Waals surface area contributed by atoms with Crippen molar-refractivity contribution in [2.45, 2.75) is 45.7 Å². The molecular weight excluding hydrogens is 396 g/mol. The van der Waals surface area contributed by atoms with Crippen LogP contribution in [0.3, 0.4) is 0 Å². The number of thioether (sulfide) groups is 1. The number of aryl methyl sites for hydroxylation is 3. The normalized spacial score (nSPS) is 15.1.